The number of anilines is 1. The van der Waals surface area contributed by atoms with E-state index in [9.17, 15) is 14.4 Å². The van der Waals surface area contributed by atoms with Crippen molar-refractivity contribution in [3.05, 3.63) is 52.1 Å². The van der Waals surface area contributed by atoms with Crippen LogP contribution in [-0.4, -0.2) is 36.1 Å². The van der Waals surface area contributed by atoms with Gasteiger partial charge in [-0.1, -0.05) is 6.07 Å². The van der Waals surface area contributed by atoms with Crippen LogP contribution in [0, 0.1) is 0 Å². The Kier molecular flexibility index (Phi) is 5.67. The van der Waals surface area contributed by atoms with Crippen molar-refractivity contribution in [1.29, 1.82) is 0 Å². The van der Waals surface area contributed by atoms with Crippen LogP contribution >= 0.6 is 0 Å². The molecule has 8 nitrogen and oxygen atoms in total. The molecule has 0 saturated heterocycles. The number of pyridine rings is 2. The lowest BCUT2D eigenvalue weighted by atomic mass is 10.2. The van der Waals surface area contributed by atoms with Gasteiger partial charge in [-0.05, 0) is 18.6 Å². The first-order chi connectivity index (χ1) is 11.5. The van der Waals surface area contributed by atoms with Gasteiger partial charge in [-0.15, -0.1) is 0 Å². The van der Waals surface area contributed by atoms with Crippen molar-refractivity contribution in [2.45, 2.75) is 12.8 Å². The van der Waals surface area contributed by atoms with Crippen LogP contribution < -0.4 is 15.6 Å². The van der Waals surface area contributed by atoms with Crippen molar-refractivity contribution in [3.8, 4) is 5.88 Å². The van der Waals surface area contributed by atoms with Crippen LogP contribution in [0.5, 0.6) is 5.88 Å². The number of aromatic nitrogens is 2. The average Bonchev–Trinajstić information content (AvgIpc) is 2.59. The maximum absolute atomic E-state index is 12.1. The molecule has 1 amide bonds. The number of nitrogens with one attached hydrogen (secondary N) is 2. The van der Waals surface area contributed by atoms with Gasteiger partial charge in [0.15, 0.2) is 0 Å². The Hall–Kier alpha value is -3.16. The van der Waals surface area contributed by atoms with Gasteiger partial charge in [-0.25, -0.2) is 9.78 Å². The van der Waals surface area contributed by atoms with E-state index in [-0.39, 0.29) is 35.0 Å². The van der Waals surface area contributed by atoms with Crippen molar-refractivity contribution in [3.63, 3.8) is 0 Å². The van der Waals surface area contributed by atoms with Gasteiger partial charge < -0.3 is 19.8 Å². The molecule has 0 fully saturated rings. The molecule has 0 spiro atoms. The third-order valence-electron chi connectivity index (χ3n) is 3.19. The molecule has 0 aliphatic heterocycles. The predicted molar refractivity (Wildman–Crippen MR) is 86.1 cm³/mol. The molecule has 0 bridgehead atoms. The zero-order valence-corrected chi connectivity index (χ0v) is 13.3. The smallest absolute Gasteiger partial charge is 0.339 e. The van der Waals surface area contributed by atoms with Gasteiger partial charge in [0.2, 0.25) is 17.3 Å². The number of esters is 1. The molecule has 0 radical (unpaired) electrons. The maximum Gasteiger partial charge on any atom is 0.339 e. The maximum atomic E-state index is 12.1. The number of carbonyl (C=O) groups is 2. The summed E-state index contributed by atoms with van der Waals surface area (Å²) in [5.41, 5.74) is 0.906. The second-order valence-corrected chi connectivity index (χ2v) is 4.86. The molecule has 0 aliphatic carbocycles. The Bertz CT molecular complexity index is 800. The van der Waals surface area contributed by atoms with Gasteiger partial charge in [-0.2, -0.15) is 0 Å². The summed E-state index contributed by atoms with van der Waals surface area (Å²) in [4.78, 5) is 41.5. The number of carbonyl (C=O) groups excluding carboxylic acids is 2. The summed E-state index contributed by atoms with van der Waals surface area (Å²) in [6, 6.07) is 6.19. The minimum atomic E-state index is -0.567. The molecule has 24 heavy (non-hydrogen) atoms. The molecule has 0 atom stereocenters. The molecular formula is C16H17N3O5. The predicted octanol–water partition coefficient (Wildman–Crippen LogP) is 1.14. The Morgan fingerprint density at radius 3 is 2.75 bits per heavy atom. The lowest BCUT2D eigenvalue weighted by Crippen LogP contribution is -2.15. The molecule has 8 heteroatoms. The number of aromatic amines is 1. The molecule has 2 aromatic rings. The SMILES string of the molecule is COC(=O)c1cnc(OC)c(NC(=O)CCc2cccc(=O)[nH]2)c1. The normalized spacial score (nSPS) is 10.1. The molecule has 2 heterocycles. The molecule has 0 aromatic carbocycles. The Morgan fingerprint density at radius 1 is 1.29 bits per heavy atom. The first-order valence-electron chi connectivity index (χ1n) is 7.14. The van der Waals surface area contributed by atoms with Crippen LogP contribution in [0.4, 0.5) is 5.69 Å². The van der Waals surface area contributed by atoms with Gasteiger partial charge in [0.1, 0.15) is 5.69 Å². The van der Waals surface area contributed by atoms with Gasteiger partial charge >= 0.3 is 5.97 Å². The molecular weight excluding hydrogens is 314 g/mol. The number of amides is 1. The number of rotatable bonds is 6. The zero-order valence-electron chi connectivity index (χ0n) is 13.3. The molecule has 2 N–H and O–H groups in total. The zero-order chi connectivity index (χ0) is 17.5. The summed E-state index contributed by atoms with van der Waals surface area (Å²) in [7, 11) is 2.66. The summed E-state index contributed by atoms with van der Waals surface area (Å²) < 4.78 is 9.69. The Balaban J connectivity index is 2.07. The highest BCUT2D eigenvalue weighted by molar-refractivity contribution is 5.95. The van der Waals surface area contributed by atoms with Crippen LogP contribution in [-0.2, 0) is 16.0 Å². The number of nitrogens with zero attached hydrogens (tertiary/aromatic N) is 1. The van der Waals surface area contributed by atoms with E-state index >= 15 is 0 Å². The fraction of sp³-hybridized carbons (Fsp3) is 0.250. The standard InChI is InChI=1S/C16H17N3O5/c1-23-15-12(8-10(9-17-15)16(22)24-2)19-14(21)7-6-11-4-3-5-13(20)18-11/h3-5,8-9H,6-7H2,1-2H3,(H,18,20)(H,19,21). The molecule has 0 aliphatic rings. The van der Waals surface area contributed by atoms with E-state index in [2.05, 4.69) is 20.0 Å². The molecule has 0 saturated carbocycles. The Labute approximate surface area is 137 Å². The third kappa shape index (κ3) is 4.42. The van der Waals surface area contributed by atoms with Crippen LogP contribution in [0.2, 0.25) is 0 Å². The first-order valence-corrected chi connectivity index (χ1v) is 7.14. The van der Waals surface area contributed by atoms with Crippen molar-refractivity contribution < 1.29 is 19.1 Å². The first kappa shape index (κ1) is 17.2. The summed E-state index contributed by atoms with van der Waals surface area (Å²) in [6.45, 7) is 0. The van der Waals surface area contributed by atoms with Crippen molar-refractivity contribution in [2.75, 3.05) is 19.5 Å². The highest BCUT2D eigenvalue weighted by atomic mass is 16.5. The van der Waals surface area contributed by atoms with Crippen molar-refractivity contribution in [1.82, 2.24) is 9.97 Å². The summed E-state index contributed by atoms with van der Waals surface area (Å²) in [5, 5.41) is 2.64. The highest BCUT2D eigenvalue weighted by Gasteiger charge is 2.14. The van der Waals surface area contributed by atoms with Gasteiger partial charge in [0.25, 0.3) is 0 Å². The minimum Gasteiger partial charge on any atom is -0.480 e. The Morgan fingerprint density at radius 2 is 2.08 bits per heavy atom. The third-order valence-corrected chi connectivity index (χ3v) is 3.19. The van der Waals surface area contributed by atoms with Crippen molar-refractivity contribution >= 4 is 17.6 Å². The lowest BCUT2D eigenvalue weighted by Gasteiger charge is -2.10. The molecule has 2 aromatic heterocycles. The topological polar surface area (TPSA) is 110 Å². The molecule has 126 valence electrons. The monoisotopic (exact) mass is 331 g/mol. The van der Waals surface area contributed by atoms with E-state index < -0.39 is 5.97 Å². The average molecular weight is 331 g/mol. The van der Waals surface area contributed by atoms with Crippen LogP contribution in [0.1, 0.15) is 22.5 Å². The number of aryl methyl sites for hydroxylation is 1. The van der Waals surface area contributed by atoms with E-state index in [1.54, 1.807) is 12.1 Å². The number of hydrogen-bond acceptors (Lipinski definition) is 6. The number of methoxy groups -OCH3 is 2. The minimum absolute atomic E-state index is 0.144. The van der Waals surface area contributed by atoms with Crippen LogP contribution in [0.25, 0.3) is 0 Å². The summed E-state index contributed by atoms with van der Waals surface area (Å²) in [6.07, 6.45) is 1.81. The summed E-state index contributed by atoms with van der Waals surface area (Å²) >= 11 is 0. The number of hydrogen-bond donors (Lipinski definition) is 2. The molecule has 2 rings (SSSR count). The quantitative estimate of drug-likeness (QED) is 0.768. The van der Waals surface area contributed by atoms with E-state index in [4.69, 9.17) is 4.74 Å². The lowest BCUT2D eigenvalue weighted by molar-refractivity contribution is -0.116. The van der Waals surface area contributed by atoms with E-state index in [1.807, 2.05) is 0 Å². The second-order valence-electron chi connectivity index (χ2n) is 4.86. The fourth-order valence-corrected chi connectivity index (χ4v) is 2.03. The second kappa shape index (κ2) is 7.91. The number of ether oxygens (including phenoxy) is 2. The van der Waals surface area contributed by atoms with E-state index in [1.165, 1.54) is 32.5 Å². The van der Waals surface area contributed by atoms with Crippen molar-refractivity contribution in [2.24, 2.45) is 0 Å². The van der Waals surface area contributed by atoms with Gasteiger partial charge in [-0.3, -0.25) is 9.59 Å². The summed E-state index contributed by atoms with van der Waals surface area (Å²) in [5.74, 6) is -0.687. The van der Waals surface area contributed by atoms with Crippen LogP contribution in [0.3, 0.4) is 0 Å². The number of H-pyrrole nitrogens is 1. The van der Waals surface area contributed by atoms with Gasteiger partial charge in [0.05, 0.1) is 19.8 Å². The van der Waals surface area contributed by atoms with Gasteiger partial charge in [0, 0.05) is 24.4 Å². The fourth-order valence-electron chi connectivity index (χ4n) is 2.03. The largest absolute Gasteiger partial charge is 0.480 e. The highest BCUT2D eigenvalue weighted by Crippen LogP contribution is 2.23. The van der Waals surface area contributed by atoms with E-state index in [0.29, 0.717) is 12.1 Å². The van der Waals surface area contributed by atoms with E-state index in [0.717, 1.165) is 0 Å². The van der Waals surface area contributed by atoms with Crippen LogP contribution in [0.15, 0.2) is 35.3 Å². The molecule has 0 unspecified atom stereocenters.